The molecule has 8 N–H and O–H groups in total. The first-order chi connectivity index (χ1) is 28.1. The van der Waals surface area contributed by atoms with Gasteiger partial charge in [-0.3, -0.25) is 20.2 Å². The molecule has 0 aromatic heterocycles. The number of benzene rings is 4. The lowest BCUT2D eigenvalue weighted by Crippen LogP contribution is -2.42. The normalized spacial score (nSPS) is 12.7. The van der Waals surface area contributed by atoms with Crippen molar-refractivity contribution in [3.63, 3.8) is 0 Å². The molecule has 0 radical (unpaired) electrons. The molecule has 16 nitrogen and oxygen atoms in total. The van der Waals surface area contributed by atoms with Crippen molar-refractivity contribution in [2.24, 2.45) is 0 Å². The molecule has 16 heteroatoms. The molecule has 2 aliphatic rings. The standard InChI is InChI=1S/C15H20N2O3.C12H15NO4.C10H12N2O.C7H7NO2/c1-15(2,3)20-14(19)16-12-7-4-6-11(10-12)13(18)17-8-5-9-17;1-12(2,3)17-11(16)13-9-6-4-5-8(7-9)10(14)15;11-9-4-1-3-8(7-9)10(13)12-5-2-6-12;8-6-3-1-2-5(4-6)7(9)10/h4,6-7,10H,5,8-9H2,1-3H3,(H,16,19);4-7H,1-3H3,(H,13,16)(H,14,15);1,3-4,7H,2,5-6,11H2;1-4H,8H2,(H,9,10). The number of nitrogen functional groups attached to an aromatic ring is 2. The van der Waals surface area contributed by atoms with Crippen LogP contribution in [0.25, 0.3) is 0 Å². The maximum absolute atomic E-state index is 12.1. The van der Waals surface area contributed by atoms with E-state index in [4.69, 9.17) is 31.2 Å². The fraction of sp³-hybridized carbons (Fsp3) is 0.318. The first-order valence-corrected chi connectivity index (χ1v) is 19.1. The number of nitrogens with one attached hydrogen (secondary N) is 2. The lowest BCUT2D eigenvalue weighted by atomic mass is 10.1. The largest absolute Gasteiger partial charge is 0.478 e. The summed E-state index contributed by atoms with van der Waals surface area (Å²) in [6, 6.07) is 26.2. The molecule has 4 aromatic carbocycles. The van der Waals surface area contributed by atoms with Gasteiger partial charge in [0.2, 0.25) is 0 Å². The Morgan fingerprint density at radius 3 is 1.15 bits per heavy atom. The molecule has 0 atom stereocenters. The molecule has 4 aromatic rings. The molecule has 0 saturated carbocycles. The molecule has 60 heavy (non-hydrogen) atoms. The number of anilines is 4. The first-order valence-electron chi connectivity index (χ1n) is 19.1. The van der Waals surface area contributed by atoms with Gasteiger partial charge in [-0.15, -0.1) is 0 Å². The fourth-order valence-electron chi connectivity index (χ4n) is 5.05. The van der Waals surface area contributed by atoms with Gasteiger partial charge in [0.15, 0.2) is 0 Å². The summed E-state index contributed by atoms with van der Waals surface area (Å²) in [7, 11) is 0. The van der Waals surface area contributed by atoms with Crippen molar-refractivity contribution >= 4 is 58.7 Å². The minimum atomic E-state index is -1.04. The first kappa shape index (κ1) is 47.3. The number of ether oxygens (including phenoxy) is 2. The van der Waals surface area contributed by atoms with E-state index in [0.717, 1.165) is 39.0 Å². The molecule has 2 aliphatic heterocycles. The number of nitrogens with zero attached hydrogens (tertiary/aromatic N) is 2. The lowest BCUT2D eigenvalue weighted by Gasteiger charge is -2.31. The molecular formula is C44H54N6O10. The second-order valence-corrected chi connectivity index (χ2v) is 15.6. The highest BCUT2D eigenvalue weighted by Crippen LogP contribution is 2.18. The Hall–Kier alpha value is -7.10. The van der Waals surface area contributed by atoms with Crippen LogP contribution in [-0.4, -0.2) is 93.3 Å². The summed E-state index contributed by atoms with van der Waals surface area (Å²) in [5, 5.41) is 22.3. The van der Waals surface area contributed by atoms with E-state index >= 15 is 0 Å². The van der Waals surface area contributed by atoms with Crippen molar-refractivity contribution in [2.75, 3.05) is 48.3 Å². The smallest absolute Gasteiger partial charge is 0.412 e. The zero-order chi connectivity index (χ0) is 44.6. The third-order valence-corrected chi connectivity index (χ3v) is 8.06. The zero-order valence-corrected chi connectivity index (χ0v) is 34.7. The number of carbonyl (C=O) groups is 6. The Labute approximate surface area is 349 Å². The minimum absolute atomic E-state index is 0.00379. The van der Waals surface area contributed by atoms with E-state index in [9.17, 15) is 28.8 Å². The maximum atomic E-state index is 12.1. The Kier molecular flexibility index (Phi) is 17.0. The van der Waals surface area contributed by atoms with E-state index < -0.39 is 35.3 Å². The van der Waals surface area contributed by atoms with Crippen LogP contribution in [-0.2, 0) is 9.47 Å². The molecule has 4 amide bonds. The van der Waals surface area contributed by atoms with Crippen molar-refractivity contribution < 1.29 is 48.5 Å². The van der Waals surface area contributed by atoms with Crippen molar-refractivity contribution in [1.29, 1.82) is 0 Å². The van der Waals surface area contributed by atoms with Crippen molar-refractivity contribution in [3.8, 4) is 0 Å². The maximum Gasteiger partial charge on any atom is 0.412 e. The van der Waals surface area contributed by atoms with E-state index in [0.29, 0.717) is 33.9 Å². The van der Waals surface area contributed by atoms with Gasteiger partial charge in [-0.25, -0.2) is 19.2 Å². The molecule has 0 unspecified atom stereocenters. The van der Waals surface area contributed by atoms with Crippen LogP contribution in [0.5, 0.6) is 0 Å². The summed E-state index contributed by atoms with van der Waals surface area (Å²) in [5.41, 5.74) is 13.5. The van der Waals surface area contributed by atoms with E-state index in [1.54, 1.807) is 113 Å². The molecular weight excluding hydrogens is 773 g/mol. The number of hydrogen-bond donors (Lipinski definition) is 6. The van der Waals surface area contributed by atoms with Gasteiger partial charge < -0.3 is 41.0 Å². The average molecular weight is 827 g/mol. The minimum Gasteiger partial charge on any atom is -0.478 e. The number of carboxylic acids is 2. The Morgan fingerprint density at radius 2 is 0.833 bits per heavy atom. The second-order valence-electron chi connectivity index (χ2n) is 15.6. The van der Waals surface area contributed by atoms with Crippen LogP contribution in [0.3, 0.4) is 0 Å². The van der Waals surface area contributed by atoms with Crippen LogP contribution in [0.1, 0.15) is 95.8 Å². The number of amides is 4. The molecule has 320 valence electrons. The van der Waals surface area contributed by atoms with Gasteiger partial charge in [-0.05, 0) is 127 Å². The van der Waals surface area contributed by atoms with Crippen LogP contribution < -0.4 is 22.1 Å². The van der Waals surface area contributed by atoms with E-state index in [-0.39, 0.29) is 22.9 Å². The highest BCUT2D eigenvalue weighted by atomic mass is 16.6. The molecule has 2 fully saturated rings. The van der Waals surface area contributed by atoms with Gasteiger partial charge in [0, 0.05) is 60.1 Å². The Morgan fingerprint density at radius 1 is 0.517 bits per heavy atom. The highest BCUT2D eigenvalue weighted by molar-refractivity contribution is 5.97. The van der Waals surface area contributed by atoms with Crippen LogP contribution in [0, 0.1) is 0 Å². The van der Waals surface area contributed by atoms with Gasteiger partial charge in [-0.2, -0.15) is 0 Å². The van der Waals surface area contributed by atoms with Crippen LogP contribution in [0.2, 0.25) is 0 Å². The summed E-state index contributed by atoms with van der Waals surface area (Å²) in [5.74, 6) is -1.90. The Bertz CT molecular complexity index is 2140. The molecule has 0 aliphatic carbocycles. The number of carboxylic acid groups (broad SMARTS) is 2. The molecule has 2 heterocycles. The third kappa shape index (κ3) is 16.8. The summed E-state index contributed by atoms with van der Waals surface area (Å²) < 4.78 is 10.2. The summed E-state index contributed by atoms with van der Waals surface area (Å²) >= 11 is 0. The Balaban J connectivity index is 0.000000220. The predicted octanol–water partition coefficient (Wildman–Crippen LogP) is 7.69. The van der Waals surface area contributed by atoms with E-state index in [2.05, 4.69) is 10.6 Å². The lowest BCUT2D eigenvalue weighted by molar-refractivity contribution is 0.0624. The number of carbonyl (C=O) groups excluding carboxylic acids is 4. The number of hydrogen-bond acceptors (Lipinski definition) is 10. The number of likely N-dealkylation sites (tertiary alicyclic amines) is 2. The summed E-state index contributed by atoms with van der Waals surface area (Å²) in [6.07, 6.45) is 1.04. The third-order valence-electron chi connectivity index (χ3n) is 8.06. The fourth-order valence-corrected chi connectivity index (χ4v) is 5.05. The van der Waals surface area contributed by atoms with Gasteiger partial charge in [-0.1, -0.05) is 24.3 Å². The monoisotopic (exact) mass is 826 g/mol. The molecule has 0 spiro atoms. The van der Waals surface area contributed by atoms with Crippen molar-refractivity contribution in [3.05, 3.63) is 119 Å². The number of nitrogens with two attached hydrogens (primary N) is 2. The summed E-state index contributed by atoms with van der Waals surface area (Å²) in [6.45, 7) is 14.0. The second kappa shape index (κ2) is 21.6. The number of rotatable bonds is 6. The average Bonchev–Trinajstić information content (AvgIpc) is 3.09. The van der Waals surface area contributed by atoms with Gasteiger partial charge in [0.05, 0.1) is 11.1 Å². The molecule has 0 bridgehead atoms. The molecule has 6 rings (SSSR count). The van der Waals surface area contributed by atoms with Gasteiger partial charge in [0.25, 0.3) is 11.8 Å². The highest BCUT2D eigenvalue weighted by Gasteiger charge is 2.23. The van der Waals surface area contributed by atoms with Gasteiger partial charge in [0.1, 0.15) is 11.2 Å². The van der Waals surface area contributed by atoms with Crippen molar-refractivity contribution in [2.45, 2.75) is 65.6 Å². The SMILES string of the molecule is CC(C)(C)OC(=O)Nc1cccc(C(=O)N2CCC2)c1.CC(C)(C)OC(=O)Nc1cccc(C(=O)O)c1.Nc1cccc(C(=O)N2CCC2)c1.Nc1cccc(C(=O)O)c1. The topological polar surface area (TPSA) is 244 Å². The van der Waals surface area contributed by atoms with Crippen molar-refractivity contribution in [1.82, 2.24) is 9.80 Å². The quantitative estimate of drug-likeness (QED) is 0.102. The zero-order valence-electron chi connectivity index (χ0n) is 34.7. The van der Waals surface area contributed by atoms with Gasteiger partial charge >= 0.3 is 24.1 Å². The van der Waals surface area contributed by atoms with Crippen LogP contribution >= 0.6 is 0 Å². The van der Waals surface area contributed by atoms with E-state index in [1.165, 1.54) is 24.3 Å². The van der Waals surface area contributed by atoms with E-state index in [1.807, 2.05) is 11.0 Å². The number of aromatic carboxylic acids is 2. The summed E-state index contributed by atoms with van der Waals surface area (Å²) in [4.78, 5) is 71.5. The van der Waals surface area contributed by atoms with Crippen LogP contribution in [0.4, 0.5) is 32.3 Å². The van der Waals surface area contributed by atoms with Crippen LogP contribution in [0.15, 0.2) is 97.1 Å². The molecule has 2 saturated heterocycles. The predicted molar refractivity (Wildman–Crippen MR) is 229 cm³/mol.